The number of alkyl halides is 3. The molecule has 0 heterocycles. The number of aliphatic hydroxyl groups is 1. The van der Waals surface area contributed by atoms with Crippen molar-refractivity contribution in [2.75, 3.05) is 14.2 Å². The van der Waals surface area contributed by atoms with Crippen LogP contribution in [0.3, 0.4) is 0 Å². The van der Waals surface area contributed by atoms with Gasteiger partial charge in [0.25, 0.3) is 0 Å². The molecule has 1 N–H and O–H groups in total. The van der Waals surface area contributed by atoms with Crippen molar-refractivity contribution in [1.29, 1.82) is 0 Å². The number of carbonyl (C=O) groups excluding carboxylic acids is 3. The van der Waals surface area contributed by atoms with Gasteiger partial charge in [0.1, 0.15) is 6.04 Å². The Balaban J connectivity index is 3.57. The normalized spacial score (nSPS) is 15.3. The Labute approximate surface area is 172 Å². The van der Waals surface area contributed by atoms with Crippen molar-refractivity contribution in [3.05, 3.63) is 48.6 Å². The predicted molar refractivity (Wildman–Crippen MR) is 100.0 cm³/mol. The Hall–Kier alpha value is -2.88. The van der Waals surface area contributed by atoms with Gasteiger partial charge in [-0.1, -0.05) is 36.4 Å². The van der Waals surface area contributed by atoms with Crippen LogP contribution in [0, 0.1) is 0 Å². The Bertz CT molecular complexity index is 768. The molecule has 0 aliphatic carbocycles. The van der Waals surface area contributed by atoms with Gasteiger partial charge in [0.05, 0.1) is 20.3 Å². The molecule has 1 rings (SSSR count). The van der Waals surface area contributed by atoms with Crippen LogP contribution < -0.4 is 0 Å². The zero-order valence-electron chi connectivity index (χ0n) is 16.8. The molecule has 0 aromatic heterocycles. The molecule has 1 aromatic rings. The maximum Gasteiger partial charge on any atom is 0.471 e. The van der Waals surface area contributed by atoms with Crippen molar-refractivity contribution in [1.82, 2.24) is 4.90 Å². The summed E-state index contributed by atoms with van der Waals surface area (Å²) < 4.78 is 49.3. The van der Waals surface area contributed by atoms with Gasteiger partial charge in [-0.05, 0) is 12.5 Å². The third-order valence-corrected chi connectivity index (χ3v) is 4.56. The van der Waals surface area contributed by atoms with E-state index in [1.165, 1.54) is 19.1 Å². The molecule has 0 saturated carbocycles. The third kappa shape index (κ3) is 5.82. The molecule has 0 bridgehead atoms. The Kier molecular flexibility index (Phi) is 8.59. The van der Waals surface area contributed by atoms with Crippen molar-refractivity contribution in [2.45, 2.75) is 43.6 Å². The lowest BCUT2D eigenvalue weighted by Crippen LogP contribution is -2.56. The number of amides is 1. The van der Waals surface area contributed by atoms with E-state index in [4.69, 9.17) is 0 Å². The fourth-order valence-corrected chi connectivity index (χ4v) is 3.06. The number of methoxy groups -OCH3 is 2. The van der Waals surface area contributed by atoms with Crippen molar-refractivity contribution >= 4 is 17.8 Å². The summed E-state index contributed by atoms with van der Waals surface area (Å²) in [5.41, 5.74) is -2.11. The SMILES string of the molecule is C=CC[C@@](O)(C[C@@H](C(=O)OC)N(C(=O)C(F)(F)F)[C@H](C)c1ccccc1)C(=O)OC. The van der Waals surface area contributed by atoms with Crippen molar-refractivity contribution in [3.8, 4) is 0 Å². The van der Waals surface area contributed by atoms with Crippen LogP contribution in [0.25, 0.3) is 0 Å². The molecule has 10 heteroatoms. The van der Waals surface area contributed by atoms with E-state index in [1.807, 2.05) is 0 Å². The molecule has 1 amide bonds. The van der Waals surface area contributed by atoms with Gasteiger partial charge in [-0.25, -0.2) is 9.59 Å². The van der Waals surface area contributed by atoms with Crippen LogP contribution in [-0.2, 0) is 23.9 Å². The zero-order valence-corrected chi connectivity index (χ0v) is 16.8. The summed E-state index contributed by atoms with van der Waals surface area (Å²) in [5, 5.41) is 10.7. The summed E-state index contributed by atoms with van der Waals surface area (Å²) in [6.45, 7) is 4.68. The van der Waals surface area contributed by atoms with Gasteiger partial charge < -0.3 is 19.5 Å². The quantitative estimate of drug-likeness (QED) is 0.477. The van der Waals surface area contributed by atoms with Gasteiger partial charge in [-0.15, -0.1) is 6.58 Å². The van der Waals surface area contributed by atoms with Crippen LogP contribution in [0.5, 0.6) is 0 Å². The first-order valence-electron chi connectivity index (χ1n) is 8.86. The monoisotopic (exact) mass is 431 g/mol. The summed E-state index contributed by atoms with van der Waals surface area (Å²) >= 11 is 0. The van der Waals surface area contributed by atoms with Crippen molar-refractivity contribution in [2.24, 2.45) is 0 Å². The molecular formula is C20H24F3NO6. The van der Waals surface area contributed by atoms with Crippen molar-refractivity contribution in [3.63, 3.8) is 0 Å². The second kappa shape index (κ2) is 10.2. The van der Waals surface area contributed by atoms with E-state index >= 15 is 0 Å². The fraction of sp³-hybridized carbons (Fsp3) is 0.450. The molecule has 0 unspecified atom stereocenters. The number of benzene rings is 1. The van der Waals surface area contributed by atoms with E-state index in [-0.39, 0.29) is 4.90 Å². The highest BCUT2D eigenvalue weighted by Crippen LogP contribution is 2.33. The first kappa shape index (κ1) is 25.2. The summed E-state index contributed by atoms with van der Waals surface area (Å²) in [5.74, 6) is -4.75. The van der Waals surface area contributed by atoms with Crippen LogP contribution in [0.15, 0.2) is 43.0 Å². The van der Waals surface area contributed by atoms with Gasteiger partial charge in [0, 0.05) is 12.8 Å². The number of hydrogen-bond acceptors (Lipinski definition) is 6. The van der Waals surface area contributed by atoms with Crippen molar-refractivity contribution < 1.29 is 42.1 Å². The average molecular weight is 431 g/mol. The molecule has 0 fully saturated rings. The smallest absolute Gasteiger partial charge is 0.467 e. The molecule has 30 heavy (non-hydrogen) atoms. The first-order valence-corrected chi connectivity index (χ1v) is 8.86. The molecule has 0 spiro atoms. The molecule has 0 radical (unpaired) electrons. The molecule has 166 valence electrons. The largest absolute Gasteiger partial charge is 0.471 e. The summed E-state index contributed by atoms with van der Waals surface area (Å²) in [6, 6.07) is 4.51. The number of carbonyl (C=O) groups is 3. The third-order valence-electron chi connectivity index (χ3n) is 4.56. The van der Waals surface area contributed by atoms with Crippen LogP contribution >= 0.6 is 0 Å². The number of nitrogens with zero attached hydrogens (tertiary/aromatic N) is 1. The Morgan fingerprint density at radius 2 is 1.73 bits per heavy atom. The lowest BCUT2D eigenvalue weighted by Gasteiger charge is -2.38. The highest BCUT2D eigenvalue weighted by Gasteiger charge is 2.51. The number of ether oxygens (including phenoxy) is 2. The standard InChI is InChI=1S/C20H24F3NO6/c1-5-11-19(28,18(27)30-4)12-15(16(25)29-3)24(17(26)20(21,22)23)13(2)14-9-7-6-8-10-14/h5-10,13,15,28H,1,11-12H2,2-4H3/t13-,15+,19-/m1/s1. The molecule has 0 aliphatic heterocycles. The van der Waals surface area contributed by atoms with Gasteiger partial charge in [-0.2, -0.15) is 13.2 Å². The predicted octanol–water partition coefficient (Wildman–Crippen LogP) is 2.55. The van der Waals surface area contributed by atoms with E-state index in [0.29, 0.717) is 5.56 Å². The minimum absolute atomic E-state index is 0.262. The van der Waals surface area contributed by atoms with Crippen LogP contribution in [0.4, 0.5) is 13.2 Å². The summed E-state index contributed by atoms with van der Waals surface area (Å²) in [4.78, 5) is 37.1. The van der Waals surface area contributed by atoms with Crippen LogP contribution in [-0.4, -0.2) is 59.9 Å². The fourth-order valence-electron chi connectivity index (χ4n) is 3.06. The Morgan fingerprint density at radius 1 is 1.17 bits per heavy atom. The number of halogens is 3. The topological polar surface area (TPSA) is 93.1 Å². The van der Waals surface area contributed by atoms with Gasteiger partial charge in [-0.3, -0.25) is 4.79 Å². The molecule has 0 aliphatic rings. The number of hydrogen-bond donors (Lipinski definition) is 1. The minimum atomic E-state index is -5.32. The van der Waals surface area contributed by atoms with Gasteiger partial charge >= 0.3 is 24.0 Å². The van der Waals surface area contributed by atoms with E-state index < -0.39 is 54.5 Å². The molecular weight excluding hydrogens is 407 g/mol. The Morgan fingerprint density at radius 3 is 2.17 bits per heavy atom. The highest BCUT2D eigenvalue weighted by atomic mass is 19.4. The van der Waals surface area contributed by atoms with Gasteiger partial charge in [0.2, 0.25) is 0 Å². The number of rotatable bonds is 9. The molecule has 0 saturated heterocycles. The summed E-state index contributed by atoms with van der Waals surface area (Å²) in [7, 11) is 1.89. The maximum absolute atomic E-state index is 13.4. The lowest BCUT2D eigenvalue weighted by atomic mass is 9.89. The van der Waals surface area contributed by atoms with E-state index in [1.54, 1.807) is 18.2 Å². The van der Waals surface area contributed by atoms with Crippen LogP contribution in [0.1, 0.15) is 31.4 Å². The van der Waals surface area contributed by atoms with E-state index in [0.717, 1.165) is 20.3 Å². The maximum atomic E-state index is 13.4. The second-order valence-electron chi connectivity index (χ2n) is 6.56. The molecule has 1 aromatic carbocycles. The zero-order chi connectivity index (χ0) is 23.1. The molecule has 7 nitrogen and oxygen atoms in total. The number of esters is 2. The minimum Gasteiger partial charge on any atom is -0.467 e. The highest BCUT2D eigenvalue weighted by molar-refractivity contribution is 5.89. The van der Waals surface area contributed by atoms with E-state index in [9.17, 15) is 32.7 Å². The van der Waals surface area contributed by atoms with E-state index in [2.05, 4.69) is 16.1 Å². The second-order valence-corrected chi connectivity index (χ2v) is 6.56. The first-order chi connectivity index (χ1) is 13.9. The average Bonchev–Trinajstić information content (AvgIpc) is 2.71. The van der Waals surface area contributed by atoms with Gasteiger partial charge in [0.15, 0.2) is 5.60 Å². The van der Waals surface area contributed by atoms with Crippen LogP contribution in [0.2, 0.25) is 0 Å². The lowest BCUT2D eigenvalue weighted by molar-refractivity contribution is -0.195. The molecule has 3 atom stereocenters. The summed E-state index contributed by atoms with van der Waals surface area (Å²) in [6.07, 6.45) is -5.50.